The molecule has 6 heteroatoms. The van der Waals surface area contributed by atoms with Crippen molar-refractivity contribution < 1.29 is 0 Å². The normalized spacial score (nSPS) is 12.0. The zero-order chi connectivity index (χ0) is 15.4. The number of nitrogens with two attached hydrogens (primary N) is 1. The second kappa shape index (κ2) is 6.78. The fourth-order valence-electron chi connectivity index (χ4n) is 1.60. The molecule has 0 spiro atoms. The number of hydrogen-bond acceptors (Lipinski definition) is 6. The van der Waals surface area contributed by atoms with Crippen LogP contribution in [0.1, 0.15) is 25.1 Å². The van der Waals surface area contributed by atoms with Crippen LogP contribution in [0.5, 0.6) is 0 Å². The molecule has 2 rings (SSSR count). The molecule has 0 aliphatic carbocycles. The van der Waals surface area contributed by atoms with Crippen molar-refractivity contribution in [2.24, 2.45) is 5.73 Å². The minimum absolute atomic E-state index is 0.744. The Bertz CT molecular complexity index is 667. The standard InChI is InChI=1S/C15H18N4S2/c1-9(2)21-14(11(4)16)12-8-20-15(18-12)19-13-6-5-10(3)7-17-13/h5-8H,1,16H2,2-4H3,(H,17,18,19)/b14-11-. The molecule has 0 atom stereocenters. The Morgan fingerprint density at radius 1 is 1.38 bits per heavy atom. The number of nitrogens with zero attached hydrogens (tertiary/aromatic N) is 2. The topological polar surface area (TPSA) is 63.8 Å². The molecule has 0 aliphatic heterocycles. The number of hydrogen-bond donors (Lipinski definition) is 2. The number of allylic oxidation sites excluding steroid dienone is 2. The van der Waals surface area contributed by atoms with Crippen molar-refractivity contribution in [1.82, 2.24) is 9.97 Å². The number of aromatic nitrogens is 2. The average molecular weight is 318 g/mol. The van der Waals surface area contributed by atoms with Crippen molar-refractivity contribution in [3.63, 3.8) is 0 Å². The van der Waals surface area contributed by atoms with Crippen molar-refractivity contribution in [3.8, 4) is 0 Å². The van der Waals surface area contributed by atoms with Gasteiger partial charge in [0, 0.05) is 17.3 Å². The summed E-state index contributed by atoms with van der Waals surface area (Å²) < 4.78 is 0. The zero-order valence-corrected chi connectivity index (χ0v) is 13.9. The highest BCUT2D eigenvalue weighted by molar-refractivity contribution is 8.11. The molecule has 0 unspecified atom stereocenters. The van der Waals surface area contributed by atoms with Crippen LogP contribution in [0.25, 0.3) is 4.91 Å². The lowest BCUT2D eigenvalue weighted by molar-refractivity contribution is 1.24. The van der Waals surface area contributed by atoms with Crippen molar-refractivity contribution in [2.45, 2.75) is 20.8 Å². The minimum atomic E-state index is 0.744. The van der Waals surface area contributed by atoms with Crippen LogP contribution in [-0.2, 0) is 0 Å². The molecule has 110 valence electrons. The molecule has 4 nitrogen and oxygen atoms in total. The van der Waals surface area contributed by atoms with E-state index in [1.165, 1.54) is 11.3 Å². The molecule has 0 bridgehead atoms. The average Bonchev–Trinajstić information content (AvgIpc) is 2.86. The van der Waals surface area contributed by atoms with Gasteiger partial charge in [0.05, 0.1) is 10.6 Å². The van der Waals surface area contributed by atoms with Crippen molar-refractivity contribution >= 4 is 39.0 Å². The Morgan fingerprint density at radius 3 is 2.71 bits per heavy atom. The van der Waals surface area contributed by atoms with E-state index in [4.69, 9.17) is 5.73 Å². The fraction of sp³-hybridized carbons (Fsp3) is 0.200. The summed E-state index contributed by atoms with van der Waals surface area (Å²) in [5.74, 6) is 0.782. The van der Waals surface area contributed by atoms with E-state index < -0.39 is 0 Å². The maximum absolute atomic E-state index is 5.95. The lowest BCUT2D eigenvalue weighted by Gasteiger charge is -2.06. The summed E-state index contributed by atoms with van der Waals surface area (Å²) in [6, 6.07) is 3.94. The monoisotopic (exact) mass is 318 g/mol. The SMILES string of the molecule is C=C(C)S/C(=C(/C)N)c1csc(Nc2ccc(C)cn2)n1. The van der Waals surface area contributed by atoms with E-state index in [2.05, 4.69) is 21.9 Å². The van der Waals surface area contributed by atoms with Gasteiger partial charge in [-0.25, -0.2) is 9.97 Å². The van der Waals surface area contributed by atoms with E-state index in [1.807, 2.05) is 44.5 Å². The van der Waals surface area contributed by atoms with Gasteiger partial charge in [-0.1, -0.05) is 24.4 Å². The van der Waals surface area contributed by atoms with Gasteiger partial charge >= 0.3 is 0 Å². The highest BCUT2D eigenvalue weighted by atomic mass is 32.2. The third kappa shape index (κ3) is 4.34. The predicted octanol–water partition coefficient (Wildman–Crippen LogP) is 4.50. The van der Waals surface area contributed by atoms with Gasteiger partial charge in [0.2, 0.25) is 0 Å². The maximum Gasteiger partial charge on any atom is 0.188 e. The first-order valence-corrected chi connectivity index (χ1v) is 8.10. The quantitative estimate of drug-likeness (QED) is 0.849. The second-order valence-corrected chi connectivity index (χ2v) is 6.87. The first kappa shape index (κ1) is 15.6. The third-order valence-electron chi connectivity index (χ3n) is 2.52. The maximum atomic E-state index is 5.95. The van der Waals surface area contributed by atoms with Crippen LogP contribution < -0.4 is 11.1 Å². The summed E-state index contributed by atoms with van der Waals surface area (Å²) in [5, 5.41) is 5.98. The second-order valence-electron chi connectivity index (χ2n) is 4.70. The van der Waals surface area contributed by atoms with Gasteiger partial charge in [0.1, 0.15) is 5.82 Å². The number of pyridine rings is 1. The van der Waals surface area contributed by atoms with Crippen molar-refractivity contribution in [1.29, 1.82) is 0 Å². The molecule has 0 aromatic carbocycles. The molecule has 0 saturated heterocycles. The van der Waals surface area contributed by atoms with Crippen LogP contribution in [-0.4, -0.2) is 9.97 Å². The van der Waals surface area contributed by atoms with Crippen LogP contribution >= 0.6 is 23.1 Å². The molecule has 2 aromatic rings. The molecule has 0 fully saturated rings. The Labute approximate surface area is 133 Å². The van der Waals surface area contributed by atoms with Gasteiger partial charge in [0.15, 0.2) is 5.13 Å². The highest BCUT2D eigenvalue weighted by Crippen LogP contribution is 2.35. The summed E-state index contributed by atoms with van der Waals surface area (Å²) in [5.41, 5.74) is 8.68. The van der Waals surface area contributed by atoms with E-state index in [-0.39, 0.29) is 0 Å². The smallest absolute Gasteiger partial charge is 0.188 e. The molecule has 2 heterocycles. The van der Waals surface area contributed by atoms with Crippen LogP contribution in [0.2, 0.25) is 0 Å². The van der Waals surface area contributed by atoms with Gasteiger partial charge < -0.3 is 11.1 Å². The number of aryl methyl sites for hydroxylation is 1. The summed E-state index contributed by atoms with van der Waals surface area (Å²) in [7, 11) is 0. The molecule has 0 amide bonds. The fourth-order valence-corrected chi connectivity index (χ4v) is 3.10. The minimum Gasteiger partial charge on any atom is -0.401 e. The van der Waals surface area contributed by atoms with Crippen LogP contribution in [0.3, 0.4) is 0 Å². The van der Waals surface area contributed by atoms with Crippen LogP contribution in [0.15, 0.2) is 40.9 Å². The van der Waals surface area contributed by atoms with Crippen molar-refractivity contribution in [2.75, 3.05) is 5.32 Å². The predicted molar refractivity (Wildman–Crippen MR) is 93.6 cm³/mol. The van der Waals surface area contributed by atoms with Gasteiger partial charge in [-0.15, -0.1) is 11.3 Å². The molecule has 0 aliphatic rings. The number of thiazole rings is 1. The largest absolute Gasteiger partial charge is 0.401 e. The van der Waals surface area contributed by atoms with Crippen molar-refractivity contribution in [3.05, 3.63) is 52.1 Å². The molecular formula is C15H18N4S2. The molecule has 0 saturated carbocycles. The van der Waals surface area contributed by atoms with Gasteiger partial charge in [-0.05, 0) is 37.3 Å². The Morgan fingerprint density at radius 2 is 2.14 bits per heavy atom. The Hall–Kier alpha value is -1.79. The van der Waals surface area contributed by atoms with Gasteiger partial charge in [-0.3, -0.25) is 0 Å². The lowest BCUT2D eigenvalue weighted by Crippen LogP contribution is -1.97. The summed E-state index contributed by atoms with van der Waals surface area (Å²) in [4.78, 5) is 10.8. The molecule has 2 aromatic heterocycles. The first-order valence-electron chi connectivity index (χ1n) is 6.41. The van der Waals surface area contributed by atoms with E-state index in [0.29, 0.717) is 0 Å². The number of rotatable bonds is 5. The number of anilines is 2. The van der Waals surface area contributed by atoms with E-state index in [1.54, 1.807) is 11.8 Å². The molecule has 0 radical (unpaired) electrons. The molecular weight excluding hydrogens is 300 g/mol. The lowest BCUT2D eigenvalue weighted by atomic mass is 10.3. The van der Waals surface area contributed by atoms with E-state index in [0.717, 1.165) is 37.7 Å². The van der Waals surface area contributed by atoms with Crippen LogP contribution in [0.4, 0.5) is 10.9 Å². The van der Waals surface area contributed by atoms with Crippen LogP contribution in [0, 0.1) is 6.92 Å². The highest BCUT2D eigenvalue weighted by Gasteiger charge is 2.11. The first-order chi connectivity index (χ1) is 9.95. The Kier molecular flexibility index (Phi) is 5.03. The number of nitrogens with one attached hydrogen (secondary N) is 1. The number of thioether (sulfide) groups is 1. The Balaban J connectivity index is 2.19. The van der Waals surface area contributed by atoms with E-state index >= 15 is 0 Å². The van der Waals surface area contributed by atoms with Gasteiger partial charge in [0.25, 0.3) is 0 Å². The summed E-state index contributed by atoms with van der Waals surface area (Å²) in [6.07, 6.45) is 1.82. The van der Waals surface area contributed by atoms with E-state index in [9.17, 15) is 0 Å². The molecule has 3 N–H and O–H groups in total. The summed E-state index contributed by atoms with van der Waals surface area (Å²) in [6.45, 7) is 9.74. The zero-order valence-electron chi connectivity index (χ0n) is 12.3. The summed E-state index contributed by atoms with van der Waals surface area (Å²) >= 11 is 3.07. The molecule has 21 heavy (non-hydrogen) atoms. The third-order valence-corrected chi connectivity index (χ3v) is 4.36. The van der Waals surface area contributed by atoms with Gasteiger partial charge in [-0.2, -0.15) is 0 Å².